The van der Waals surface area contributed by atoms with Crippen LogP contribution in [0.4, 0.5) is 17.6 Å². The van der Waals surface area contributed by atoms with Crippen molar-refractivity contribution in [1.82, 2.24) is 0 Å². The number of halogens is 4. The van der Waals surface area contributed by atoms with Gasteiger partial charge in [0.05, 0.1) is 0 Å². The van der Waals surface area contributed by atoms with E-state index >= 15 is 0 Å². The molecule has 0 saturated carbocycles. The topological polar surface area (TPSA) is 0 Å². The largest absolute Gasteiger partial charge is 0.559 e. The molecule has 4 heteroatoms. The lowest BCUT2D eigenvalue weighted by Gasteiger charge is -1.86. The Morgan fingerprint density at radius 2 is 1.00 bits per heavy atom. The average Bonchev–Trinajstić information content (AvgIpc) is 1.79. The van der Waals surface area contributed by atoms with Crippen LogP contribution in [0.15, 0.2) is 0 Å². The first-order valence-corrected chi connectivity index (χ1v) is 3.67. The van der Waals surface area contributed by atoms with E-state index < -0.39 is 6.43 Å². The summed E-state index contributed by atoms with van der Waals surface area (Å²) in [5.74, 6) is 0. The first-order chi connectivity index (χ1) is 4.91. The molecule has 70 valence electrons. The summed E-state index contributed by atoms with van der Waals surface area (Å²) >= 11 is 0. The van der Waals surface area contributed by atoms with E-state index in [1.807, 2.05) is 0 Å². The Balaban J connectivity index is 0. The first kappa shape index (κ1) is 13.3. The molecule has 0 rings (SSSR count). The van der Waals surface area contributed by atoms with Gasteiger partial charge in [-0.05, 0) is 0 Å². The smallest absolute Gasteiger partial charge is 0.140 e. The van der Waals surface area contributed by atoms with E-state index in [1.54, 1.807) is 0 Å². The van der Waals surface area contributed by atoms with Crippen LogP contribution in [0.1, 0.15) is 39.5 Å². The molecular weight excluding hydrogens is 160 g/mol. The van der Waals surface area contributed by atoms with E-state index in [0.29, 0.717) is 0 Å². The van der Waals surface area contributed by atoms with Crippen LogP contribution in [-0.2, 0) is 0 Å². The Hall–Kier alpha value is -0.280. The Morgan fingerprint density at radius 3 is 1.09 bits per heavy atom. The minimum absolute atomic E-state index is 1.36. The van der Waals surface area contributed by atoms with E-state index in [-0.39, 0.29) is 0 Å². The molecule has 0 bridgehead atoms. The summed E-state index contributed by atoms with van der Waals surface area (Å²) in [6, 6.07) is 0. The molecule has 0 aromatic rings. The van der Waals surface area contributed by atoms with E-state index in [4.69, 9.17) is 0 Å². The molecule has 0 atom stereocenters. The lowest BCUT2D eigenvalue weighted by atomic mass is 10.2. The monoisotopic (exact) mass is 174 g/mol. The summed E-state index contributed by atoms with van der Waals surface area (Å²) in [6.45, 7) is 4.46. The van der Waals surface area contributed by atoms with Crippen molar-refractivity contribution in [3.8, 4) is 0 Å². The zero-order chi connectivity index (χ0) is 9.33. The van der Waals surface area contributed by atoms with Gasteiger partial charge in [-0.15, -0.1) is 17.6 Å². The average molecular weight is 174 g/mol. The van der Waals surface area contributed by atoms with Gasteiger partial charge in [0.1, 0.15) is 0 Å². The van der Waals surface area contributed by atoms with Crippen molar-refractivity contribution in [2.45, 2.75) is 46.0 Å². The first-order valence-electron chi connectivity index (χ1n) is 3.67. The minimum Gasteiger partial charge on any atom is -0.140 e. The Labute approximate surface area is 64.6 Å². The molecular formula is C7H14F4. The lowest BCUT2D eigenvalue weighted by molar-refractivity contribution is -0.237. The van der Waals surface area contributed by atoms with Gasteiger partial charge in [0, 0.05) is 0 Å². The maximum atomic E-state index is 9.69. The van der Waals surface area contributed by atoms with Crippen molar-refractivity contribution < 1.29 is 17.6 Å². The van der Waals surface area contributed by atoms with Gasteiger partial charge in [-0.25, -0.2) is 0 Å². The number of rotatable bonds is 3. The molecule has 0 aromatic carbocycles. The van der Waals surface area contributed by atoms with Gasteiger partial charge in [0.2, 0.25) is 0 Å². The summed E-state index contributed by atoms with van der Waals surface area (Å²) in [7, 11) is 0. The number of alkyl halides is 4. The van der Waals surface area contributed by atoms with Gasteiger partial charge in [-0.1, -0.05) is 39.5 Å². The minimum atomic E-state index is -5.50. The highest BCUT2D eigenvalue weighted by atomic mass is 19.5. The molecule has 0 aliphatic rings. The van der Waals surface area contributed by atoms with Crippen LogP contribution in [-0.4, -0.2) is 6.43 Å². The van der Waals surface area contributed by atoms with Gasteiger partial charge in [-0.3, -0.25) is 0 Å². The number of hydrogen-bond donors (Lipinski definition) is 0. The molecule has 11 heavy (non-hydrogen) atoms. The van der Waals surface area contributed by atoms with E-state index in [1.165, 1.54) is 25.7 Å². The molecule has 0 aliphatic carbocycles. The molecule has 0 aromatic heterocycles. The zero-order valence-corrected chi connectivity index (χ0v) is 6.84. The second kappa shape index (κ2) is 7.82. The highest BCUT2D eigenvalue weighted by Gasteiger charge is 2.24. The van der Waals surface area contributed by atoms with Gasteiger partial charge >= 0.3 is 6.43 Å². The number of unbranched alkanes of at least 4 members (excludes halogenated alkanes) is 3. The summed E-state index contributed by atoms with van der Waals surface area (Å²) in [5.41, 5.74) is 0. The predicted molar refractivity (Wildman–Crippen MR) is 37.0 cm³/mol. The maximum Gasteiger partial charge on any atom is 0.559 e. The van der Waals surface area contributed by atoms with Crippen molar-refractivity contribution in [3.05, 3.63) is 0 Å². The lowest BCUT2D eigenvalue weighted by Crippen LogP contribution is -1.92. The molecule has 0 N–H and O–H groups in total. The molecule has 0 aliphatic heterocycles. The summed E-state index contributed by atoms with van der Waals surface area (Å²) in [6.07, 6.45) is 0.0364. The van der Waals surface area contributed by atoms with Crippen LogP contribution < -0.4 is 0 Å². The molecule has 0 fully saturated rings. The predicted octanol–water partition coefficient (Wildman–Crippen LogP) is 4.06. The Morgan fingerprint density at radius 1 is 0.818 bits per heavy atom. The highest BCUT2D eigenvalue weighted by molar-refractivity contribution is 4.31. The third kappa shape index (κ3) is 78.3. The van der Waals surface area contributed by atoms with Crippen molar-refractivity contribution in [2.24, 2.45) is 0 Å². The fourth-order valence-electron chi connectivity index (χ4n) is 0.500. The van der Waals surface area contributed by atoms with Crippen molar-refractivity contribution in [1.29, 1.82) is 0 Å². The zero-order valence-electron chi connectivity index (χ0n) is 6.84. The summed E-state index contributed by atoms with van der Waals surface area (Å²) in [5, 5.41) is 0. The molecule has 0 amide bonds. The van der Waals surface area contributed by atoms with Crippen LogP contribution in [0.2, 0.25) is 0 Å². The maximum absolute atomic E-state index is 9.69. The van der Waals surface area contributed by atoms with Crippen LogP contribution in [0.5, 0.6) is 0 Å². The molecule has 0 saturated heterocycles. The molecule has 0 nitrogen and oxygen atoms in total. The Kier molecular flexibility index (Phi) is 9.47. The molecule has 0 heterocycles. The van der Waals surface area contributed by atoms with E-state index in [9.17, 15) is 17.6 Å². The number of hydrogen-bond acceptors (Lipinski definition) is 0. The fraction of sp³-hybridized carbons (Fsp3) is 1.00. The van der Waals surface area contributed by atoms with Gasteiger partial charge < -0.3 is 0 Å². The van der Waals surface area contributed by atoms with Gasteiger partial charge in [-0.2, -0.15) is 0 Å². The van der Waals surface area contributed by atoms with Gasteiger partial charge in [0.25, 0.3) is 0 Å². The normalized spacial score (nSPS) is 10.4. The standard InChI is InChI=1S/C6H14.CF4/c1-3-5-6-4-2;2-1(3,4)5/h3-6H2,1-2H3;. The third-order valence-corrected chi connectivity index (χ3v) is 0.957. The van der Waals surface area contributed by atoms with Crippen molar-refractivity contribution >= 4 is 0 Å². The third-order valence-electron chi connectivity index (χ3n) is 0.957. The van der Waals surface area contributed by atoms with E-state index in [0.717, 1.165) is 0 Å². The van der Waals surface area contributed by atoms with Crippen LogP contribution in [0.25, 0.3) is 0 Å². The van der Waals surface area contributed by atoms with E-state index in [2.05, 4.69) is 13.8 Å². The SMILES string of the molecule is CCCCCC.FC(F)(F)F. The van der Waals surface area contributed by atoms with Crippen LogP contribution in [0, 0.1) is 0 Å². The Bertz CT molecular complexity index is 57.3. The van der Waals surface area contributed by atoms with Crippen molar-refractivity contribution in [2.75, 3.05) is 0 Å². The van der Waals surface area contributed by atoms with Crippen LogP contribution >= 0.6 is 0 Å². The molecule has 0 spiro atoms. The second-order valence-corrected chi connectivity index (χ2v) is 2.14. The molecule has 0 radical (unpaired) electrons. The highest BCUT2D eigenvalue weighted by Crippen LogP contribution is 2.13. The van der Waals surface area contributed by atoms with Crippen LogP contribution in [0.3, 0.4) is 0 Å². The van der Waals surface area contributed by atoms with Gasteiger partial charge in [0.15, 0.2) is 0 Å². The fourth-order valence-corrected chi connectivity index (χ4v) is 0.500. The quantitative estimate of drug-likeness (QED) is 0.447. The molecule has 0 unspecified atom stereocenters. The summed E-state index contributed by atoms with van der Waals surface area (Å²) < 4.78 is 38.8. The van der Waals surface area contributed by atoms with Crippen molar-refractivity contribution in [3.63, 3.8) is 0 Å². The summed E-state index contributed by atoms with van der Waals surface area (Å²) in [4.78, 5) is 0. The second-order valence-electron chi connectivity index (χ2n) is 2.14.